The lowest BCUT2D eigenvalue weighted by Crippen LogP contribution is -2.38. The summed E-state index contributed by atoms with van der Waals surface area (Å²) in [5.41, 5.74) is 2.21. The molecular weight excluding hydrogens is 343 g/mol. The van der Waals surface area contributed by atoms with Gasteiger partial charge in [-0.2, -0.15) is 0 Å². The molecule has 0 heterocycles. The lowest BCUT2D eigenvalue weighted by Gasteiger charge is -2.23. The number of nitrogens with zero attached hydrogens (tertiary/aromatic N) is 1. The Bertz CT molecular complexity index is 836. The van der Waals surface area contributed by atoms with E-state index in [1.54, 1.807) is 30.3 Å². The van der Waals surface area contributed by atoms with Crippen LogP contribution < -0.4 is 9.62 Å². The number of sulfonamides is 1. The summed E-state index contributed by atoms with van der Waals surface area (Å²) >= 11 is 0. The van der Waals surface area contributed by atoms with E-state index in [0.717, 1.165) is 11.8 Å². The maximum atomic E-state index is 12.9. The Morgan fingerprint density at radius 3 is 2.44 bits per heavy atom. The molecule has 2 rings (SSSR count). The number of hydrogen-bond acceptors (Lipinski definition) is 3. The van der Waals surface area contributed by atoms with Crippen LogP contribution in [-0.4, -0.2) is 33.7 Å². The summed E-state index contributed by atoms with van der Waals surface area (Å²) in [7, 11) is -3.46. The number of benzene rings is 2. The molecule has 0 unspecified atom stereocenters. The zero-order valence-electron chi connectivity index (χ0n) is 14.2. The quantitative estimate of drug-likeness (QED) is 0.819. The molecule has 0 atom stereocenters. The molecule has 1 amide bonds. The van der Waals surface area contributed by atoms with Crippen LogP contribution in [0.1, 0.15) is 11.1 Å². The van der Waals surface area contributed by atoms with Gasteiger partial charge < -0.3 is 5.32 Å². The van der Waals surface area contributed by atoms with Gasteiger partial charge in [0, 0.05) is 6.54 Å². The zero-order chi connectivity index (χ0) is 18.4. The van der Waals surface area contributed by atoms with E-state index in [9.17, 15) is 17.6 Å². The number of amides is 1. The molecule has 2 aromatic rings. The summed E-state index contributed by atoms with van der Waals surface area (Å²) < 4.78 is 38.2. The fraction of sp³-hybridized carbons (Fsp3) is 0.278. The van der Waals surface area contributed by atoms with Gasteiger partial charge in [-0.3, -0.25) is 9.10 Å². The number of anilines is 1. The standard InChI is InChI=1S/C18H21FN2O3S/c1-14-4-3-5-17(12-14)21(25(2,23)24)11-10-20-18(22)13-15-6-8-16(19)9-7-15/h3-9,12H,10-11,13H2,1-2H3,(H,20,22). The maximum Gasteiger partial charge on any atom is 0.232 e. The van der Waals surface area contributed by atoms with Crippen molar-refractivity contribution in [3.8, 4) is 0 Å². The highest BCUT2D eigenvalue weighted by Gasteiger charge is 2.17. The zero-order valence-corrected chi connectivity index (χ0v) is 15.0. The van der Waals surface area contributed by atoms with Crippen LogP contribution in [0.3, 0.4) is 0 Å². The third kappa shape index (κ3) is 5.86. The first-order valence-electron chi connectivity index (χ1n) is 7.81. The first kappa shape index (κ1) is 18.9. The Morgan fingerprint density at radius 2 is 1.84 bits per heavy atom. The SMILES string of the molecule is Cc1cccc(N(CCNC(=O)Cc2ccc(F)cc2)S(C)(=O)=O)c1. The van der Waals surface area contributed by atoms with Crippen molar-refractivity contribution in [2.24, 2.45) is 0 Å². The molecule has 0 bridgehead atoms. The van der Waals surface area contributed by atoms with Gasteiger partial charge in [0.05, 0.1) is 24.9 Å². The molecule has 0 aliphatic carbocycles. The molecule has 0 aliphatic rings. The number of halogens is 1. The molecule has 134 valence electrons. The average molecular weight is 364 g/mol. The second-order valence-electron chi connectivity index (χ2n) is 5.83. The third-order valence-corrected chi connectivity index (χ3v) is 4.80. The van der Waals surface area contributed by atoms with E-state index < -0.39 is 10.0 Å². The van der Waals surface area contributed by atoms with Crippen molar-refractivity contribution in [1.29, 1.82) is 0 Å². The van der Waals surface area contributed by atoms with Gasteiger partial charge in [0.1, 0.15) is 5.82 Å². The molecule has 25 heavy (non-hydrogen) atoms. The number of nitrogens with one attached hydrogen (secondary N) is 1. The van der Waals surface area contributed by atoms with Crippen molar-refractivity contribution in [2.45, 2.75) is 13.3 Å². The second kappa shape index (κ2) is 8.11. The minimum atomic E-state index is -3.46. The van der Waals surface area contributed by atoms with Gasteiger partial charge in [0.15, 0.2) is 0 Å². The topological polar surface area (TPSA) is 66.5 Å². The highest BCUT2D eigenvalue weighted by Crippen LogP contribution is 2.18. The van der Waals surface area contributed by atoms with Crippen LogP contribution in [0, 0.1) is 12.7 Å². The Morgan fingerprint density at radius 1 is 1.16 bits per heavy atom. The number of carbonyl (C=O) groups excluding carboxylic acids is 1. The molecule has 2 aromatic carbocycles. The van der Waals surface area contributed by atoms with E-state index in [0.29, 0.717) is 11.3 Å². The molecule has 5 nitrogen and oxygen atoms in total. The van der Waals surface area contributed by atoms with Gasteiger partial charge >= 0.3 is 0 Å². The normalized spacial score (nSPS) is 11.2. The van der Waals surface area contributed by atoms with E-state index in [1.165, 1.54) is 16.4 Å². The third-order valence-electron chi connectivity index (χ3n) is 3.60. The maximum absolute atomic E-state index is 12.9. The molecular formula is C18H21FN2O3S. The number of hydrogen-bond donors (Lipinski definition) is 1. The van der Waals surface area contributed by atoms with Crippen molar-refractivity contribution in [3.63, 3.8) is 0 Å². The second-order valence-corrected chi connectivity index (χ2v) is 7.73. The molecule has 0 aromatic heterocycles. The van der Waals surface area contributed by atoms with E-state index in [-0.39, 0.29) is 31.2 Å². The van der Waals surface area contributed by atoms with Crippen LogP contribution in [0.2, 0.25) is 0 Å². The fourth-order valence-corrected chi connectivity index (χ4v) is 3.34. The Kier molecular flexibility index (Phi) is 6.14. The smallest absolute Gasteiger partial charge is 0.232 e. The highest BCUT2D eigenvalue weighted by atomic mass is 32.2. The summed E-state index contributed by atoms with van der Waals surface area (Å²) in [5.74, 6) is -0.601. The van der Waals surface area contributed by atoms with Crippen molar-refractivity contribution in [2.75, 3.05) is 23.7 Å². The van der Waals surface area contributed by atoms with Gasteiger partial charge in [-0.25, -0.2) is 12.8 Å². The van der Waals surface area contributed by atoms with Crippen LogP contribution in [0.15, 0.2) is 48.5 Å². The van der Waals surface area contributed by atoms with Gasteiger partial charge in [-0.05, 0) is 42.3 Å². The van der Waals surface area contributed by atoms with Crippen LogP contribution in [0.4, 0.5) is 10.1 Å². The fourth-order valence-electron chi connectivity index (χ4n) is 2.42. The molecule has 1 N–H and O–H groups in total. The van der Waals surface area contributed by atoms with Gasteiger partial charge in [-0.1, -0.05) is 24.3 Å². The molecule has 0 aliphatic heterocycles. The average Bonchev–Trinajstić information content (AvgIpc) is 2.52. The number of rotatable bonds is 7. The molecule has 7 heteroatoms. The van der Waals surface area contributed by atoms with Crippen LogP contribution in [0.5, 0.6) is 0 Å². The molecule has 0 spiro atoms. The summed E-state index contributed by atoms with van der Waals surface area (Å²) in [5, 5.41) is 2.69. The molecule has 0 saturated carbocycles. The monoisotopic (exact) mass is 364 g/mol. The molecule has 0 radical (unpaired) electrons. The van der Waals surface area contributed by atoms with Gasteiger partial charge in [0.2, 0.25) is 15.9 Å². The Labute approximate surface area is 147 Å². The van der Waals surface area contributed by atoms with E-state index in [4.69, 9.17) is 0 Å². The van der Waals surface area contributed by atoms with E-state index >= 15 is 0 Å². The van der Waals surface area contributed by atoms with Crippen LogP contribution in [-0.2, 0) is 21.2 Å². The summed E-state index contributed by atoms with van der Waals surface area (Å²) in [6.45, 7) is 2.20. The highest BCUT2D eigenvalue weighted by molar-refractivity contribution is 7.92. The molecule has 0 fully saturated rings. The van der Waals surface area contributed by atoms with Crippen LogP contribution in [0.25, 0.3) is 0 Å². The summed E-state index contributed by atoms with van der Waals surface area (Å²) in [6.07, 6.45) is 1.25. The predicted octanol–water partition coefficient (Wildman–Crippen LogP) is 2.26. The minimum Gasteiger partial charge on any atom is -0.354 e. The largest absolute Gasteiger partial charge is 0.354 e. The first-order chi connectivity index (χ1) is 11.8. The molecule has 0 saturated heterocycles. The number of carbonyl (C=O) groups is 1. The number of aryl methyl sites for hydroxylation is 1. The van der Waals surface area contributed by atoms with Crippen molar-refractivity contribution in [1.82, 2.24) is 5.32 Å². The first-order valence-corrected chi connectivity index (χ1v) is 9.66. The lowest BCUT2D eigenvalue weighted by atomic mass is 10.1. The van der Waals surface area contributed by atoms with Crippen molar-refractivity contribution in [3.05, 3.63) is 65.5 Å². The predicted molar refractivity (Wildman–Crippen MR) is 96.5 cm³/mol. The van der Waals surface area contributed by atoms with Crippen molar-refractivity contribution < 1.29 is 17.6 Å². The summed E-state index contributed by atoms with van der Waals surface area (Å²) in [6, 6.07) is 12.9. The van der Waals surface area contributed by atoms with Crippen molar-refractivity contribution >= 4 is 21.6 Å². The van der Waals surface area contributed by atoms with E-state index in [2.05, 4.69) is 5.32 Å². The lowest BCUT2D eigenvalue weighted by molar-refractivity contribution is -0.120. The minimum absolute atomic E-state index is 0.115. The summed E-state index contributed by atoms with van der Waals surface area (Å²) in [4.78, 5) is 11.9. The van der Waals surface area contributed by atoms with Gasteiger partial charge in [0.25, 0.3) is 0 Å². The van der Waals surface area contributed by atoms with E-state index in [1.807, 2.05) is 13.0 Å². The van der Waals surface area contributed by atoms with Crippen LogP contribution >= 0.6 is 0 Å². The van der Waals surface area contributed by atoms with Gasteiger partial charge in [-0.15, -0.1) is 0 Å². The Hall–Kier alpha value is -2.41. The Balaban J connectivity index is 1.95.